The third-order valence-electron chi connectivity index (χ3n) is 6.18. The van der Waals surface area contributed by atoms with Gasteiger partial charge in [0, 0.05) is 29.9 Å². The number of fused-ring (bicyclic) bond motifs is 1. The zero-order chi connectivity index (χ0) is 19.0. The Balaban J connectivity index is 1.42. The van der Waals surface area contributed by atoms with Crippen LogP contribution < -0.4 is 5.73 Å². The molecule has 0 saturated heterocycles. The molecule has 1 heterocycles. The number of anilines is 1. The first-order chi connectivity index (χ1) is 13.0. The van der Waals surface area contributed by atoms with Crippen molar-refractivity contribution >= 4 is 11.6 Å². The van der Waals surface area contributed by atoms with Gasteiger partial charge in [0.2, 0.25) is 0 Å². The second-order valence-electron chi connectivity index (χ2n) is 8.38. The number of nitrogens with zero attached hydrogens (tertiary/aromatic N) is 2. The van der Waals surface area contributed by atoms with Crippen LogP contribution in [0.15, 0.2) is 42.5 Å². The fraction of sp³-hybridized carbons (Fsp3) is 0.435. The molecule has 2 N–H and O–H groups in total. The molecule has 0 aromatic heterocycles. The lowest BCUT2D eigenvalue weighted by molar-refractivity contribution is 0.0780. The fourth-order valence-corrected chi connectivity index (χ4v) is 4.19. The molecule has 2 aromatic carbocycles. The van der Waals surface area contributed by atoms with Gasteiger partial charge in [-0.2, -0.15) is 0 Å². The number of carbonyl (C=O) groups excluding carboxylic acids is 1. The molecule has 1 aliphatic carbocycles. The van der Waals surface area contributed by atoms with E-state index in [9.17, 15) is 4.79 Å². The van der Waals surface area contributed by atoms with Crippen LogP contribution in [0, 0.1) is 0 Å². The molecule has 0 unspecified atom stereocenters. The van der Waals surface area contributed by atoms with Crippen LogP contribution in [0.2, 0.25) is 0 Å². The summed E-state index contributed by atoms with van der Waals surface area (Å²) in [5, 5.41) is 0. The Morgan fingerprint density at radius 2 is 1.93 bits per heavy atom. The van der Waals surface area contributed by atoms with E-state index in [0.29, 0.717) is 12.0 Å². The minimum atomic E-state index is 0.109. The summed E-state index contributed by atoms with van der Waals surface area (Å²) in [6.45, 7) is 2.50. The largest absolute Gasteiger partial charge is 0.398 e. The summed E-state index contributed by atoms with van der Waals surface area (Å²) in [4.78, 5) is 16.8. The van der Waals surface area contributed by atoms with Gasteiger partial charge in [-0.25, -0.2) is 0 Å². The first-order valence-electron chi connectivity index (χ1n) is 9.89. The smallest absolute Gasteiger partial charge is 0.254 e. The van der Waals surface area contributed by atoms with Crippen LogP contribution in [-0.4, -0.2) is 42.9 Å². The number of nitrogen functional groups attached to an aromatic ring is 1. The van der Waals surface area contributed by atoms with Crippen molar-refractivity contribution in [2.45, 2.75) is 37.6 Å². The summed E-state index contributed by atoms with van der Waals surface area (Å²) in [5.41, 5.74) is 11.7. The molecule has 4 nitrogen and oxygen atoms in total. The lowest BCUT2D eigenvalue weighted by atomic mass is 9.90. The predicted molar refractivity (Wildman–Crippen MR) is 110 cm³/mol. The number of hydrogen-bond donors (Lipinski definition) is 1. The van der Waals surface area contributed by atoms with Gasteiger partial charge in [0.05, 0.1) is 0 Å². The van der Waals surface area contributed by atoms with Gasteiger partial charge in [-0.3, -0.25) is 4.79 Å². The summed E-state index contributed by atoms with van der Waals surface area (Å²) in [5.74, 6) is 0.109. The molecule has 27 heavy (non-hydrogen) atoms. The molecular formula is C23H29N3O. The zero-order valence-corrected chi connectivity index (χ0v) is 16.4. The molecule has 1 aliphatic heterocycles. The monoisotopic (exact) mass is 363 g/mol. The fourth-order valence-electron chi connectivity index (χ4n) is 4.19. The van der Waals surface area contributed by atoms with Crippen molar-refractivity contribution < 1.29 is 4.79 Å². The van der Waals surface area contributed by atoms with E-state index in [4.69, 9.17) is 5.73 Å². The average Bonchev–Trinajstić information content (AvgIpc) is 3.39. The van der Waals surface area contributed by atoms with Gasteiger partial charge in [-0.1, -0.05) is 30.3 Å². The Hall–Kier alpha value is -2.33. The van der Waals surface area contributed by atoms with Crippen LogP contribution in [0.25, 0.3) is 0 Å². The molecule has 1 fully saturated rings. The normalized spacial score (nSPS) is 17.4. The Morgan fingerprint density at radius 1 is 1.15 bits per heavy atom. The van der Waals surface area contributed by atoms with Crippen molar-refractivity contribution in [2.75, 3.05) is 32.9 Å². The minimum Gasteiger partial charge on any atom is -0.398 e. The van der Waals surface area contributed by atoms with E-state index >= 15 is 0 Å². The molecule has 4 heteroatoms. The number of hydrogen-bond acceptors (Lipinski definition) is 3. The molecular weight excluding hydrogens is 334 g/mol. The van der Waals surface area contributed by atoms with Crippen LogP contribution in [0.5, 0.6) is 0 Å². The zero-order valence-electron chi connectivity index (χ0n) is 16.4. The predicted octanol–water partition coefficient (Wildman–Crippen LogP) is 3.45. The van der Waals surface area contributed by atoms with Gasteiger partial charge >= 0.3 is 0 Å². The number of amides is 1. The van der Waals surface area contributed by atoms with Gasteiger partial charge in [0.15, 0.2) is 0 Å². The molecule has 0 radical (unpaired) electrons. The highest BCUT2D eigenvalue weighted by Gasteiger charge is 2.43. The summed E-state index contributed by atoms with van der Waals surface area (Å²) >= 11 is 0. The number of rotatable bonds is 7. The van der Waals surface area contributed by atoms with Crippen LogP contribution in [0.3, 0.4) is 0 Å². The van der Waals surface area contributed by atoms with Crippen LogP contribution in [-0.2, 0) is 18.4 Å². The van der Waals surface area contributed by atoms with Gasteiger partial charge in [-0.15, -0.1) is 0 Å². The van der Waals surface area contributed by atoms with Crippen molar-refractivity contribution in [1.82, 2.24) is 9.80 Å². The van der Waals surface area contributed by atoms with E-state index in [1.54, 1.807) is 0 Å². The number of nitrogens with two attached hydrogens (primary N) is 1. The average molecular weight is 364 g/mol. The van der Waals surface area contributed by atoms with Crippen molar-refractivity contribution in [2.24, 2.45) is 0 Å². The topological polar surface area (TPSA) is 49.6 Å². The summed E-state index contributed by atoms with van der Waals surface area (Å²) in [6.07, 6.45) is 4.70. The van der Waals surface area contributed by atoms with Crippen molar-refractivity contribution in [3.05, 3.63) is 64.7 Å². The van der Waals surface area contributed by atoms with Crippen molar-refractivity contribution in [3.63, 3.8) is 0 Å². The highest BCUT2D eigenvalue weighted by Crippen LogP contribution is 2.51. The minimum absolute atomic E-state index is 0.109. The van der Waals surface area contributed by atoms with E-state index in [1.807, 2.05) is 23.1 Å². The standard InChI is InChI=1S/C23H29N3O/c1-25(2)14-12-23(10-11-23)18-6-3-5-17(15-18)9-13-26-16-20-19(22(26)27)7-4-8-21(20)24/h3-8,15H,9-14,16,24H2,1-2H3. The highest BCUT2D eigenvalue weighted by molar-refractivity contribution is 5.99. The van der Waals surface area contributed by atoms with Crippen molar-refractivity contribution in [1.29, 1.82) is 0 Å². The second kappa shape index (κ2) is 7.01. The van der Waals surface area contributed by atoms with Gasteiger partial charge in [0.1, 0.15) is 0 Å². The number of benzene rings is 2. The van der Waals surface area contributed by atoms with Crippen LogP contribution in [0.4, 0.5) is 5.69 Å². The van der Waals surface area contributed by atoms with Gasteiger partial charge in [0.25, 0.3) is 5.91 Å². The second-order valence-corrected chi connectivity index (χ2v) is 8.38. The van der Waals surface area contributed by atoms with Crippen molar-refractivity contribution in [3.8, 4) is 0 Å². The molecule has 1 amide bonds. The Bertz CT molecular complexity index is 854. The molecule has 2 aromatic rings. The molecule has 1 saturated carbocycles. The summed E-state index contributed by atoms with van der Waals surface area (Å²) in [7, 11) is 4.29. The first kappa shape index (κ1) is 18.1. The van der Waals surface area contributed by atoms with Crippen LogP contribution in [0.1, 0.15) is 46.3 Å². The van der Waals surface area contributed by atoms with Gasteiger partial charge in [-0.05, 0) is 75.0 Å². The maximum atomic E-state index is 12.6. The molecule has 2 aliphatic rings. The van der Waals surface area contributed by atoms with E-state index in [2.05, 4.69) is 43.3 Å². The summed E-state index contributed by atoms with van der Waals surface area (Å²) < 4.78 is 0. The van der Waals surface area contributed by atoms with E-state index in [-0.39, 0.29) is 5.91 Å². The molecule has 142 valence electrons. The maximum Gasteiger partial charge on any atom is 0.254 e. The van der Waals surface area contributed by atoms with Gasteiger partial charge < -0.3 is 15.5 Å². The Kier molecular flexibility index (Phi) is 4.68. The molecule has 0 spiro atoms. The lowest BCUT2D eigenvalue weighted by Gasteiger charge is -2.20. The molecule has 0 bridgehead atoms. The quantitative estimate of drug-likeness (QED) is 0.767. The SMILES string of the molecule is CN(C)CCC1(c2cccc(CCN3Cc4c(N)cccc4C3=O)c2)CC1. The highest BCUT2D eigenvalue weighted by atomic mass is 16.2. The number of carbonyl (C=O) groups is 1. The third-order valence-corrected chi connectivity index (χ3v) is 6.18. The third kappa shape index (κ3) is 3.59. The summed E-state index contributed by atoms with van der Waals surface area (Å²) in [6, 6.07) is 14.6. The van der Waals surface area contributed by atoms with E-state index < -0.39 is 0 Å². The first-order valence-corrected chi connectivity index (χ1v) is 9.89. The maximum absolute atomic E-state index is 12.6. The van der Waals surface area contributed by atoms with Crippen LogP contribution >= 0.6 is 0 Å². The van der Waals surface area contributed by atoms with E-state index in [0.717, 1.165) is 36.3 Å². The van der Waals surface area contributed by atoms with E-state index in [1.165, 1.54) is 30.4 Å². The lowest BCUT2D eigenvalue weighted by Crippen LogP contribution is -2.26. The Morgan fingerprint density at radius 3 is 2.63 bits per heavy atom. The molecule has 0 atom stereocenters. The Labute approximate surface area is 162 Å². The molecule has 4 rings (SSSR count).